The molecule has 1 aromatic rings. The number of ether oxygens (including phenoxy) is 1. The highest BCUT2D eigenvalue weighted by atomic mass is 32.2. The van der Waals surface area contributed by atoms with Gasteiger partial charge in [0.1, 0.15) is 10.6 Å². The predicted octanol–water partition coefficient (Wildman–Crippen LogP) is 0.172. The minimum absolute atomic E-state index is 0.00676. The van der Waals surface area contributed by atoms with Crippen molar-refractivity contribution in [3.63, 3.8) is 0 Å². The molecule has 6 nitrogen and oxygen atoms in total. The number of primary amides is 1. The zero-order valence-electron chi connectivity index (χ0n) is 10.2. The maximum Gasteiger partial charge on any atom is 0.221 e. The van der Waals surface area contributed by atoms with Crippen molar-refractivity contribution < 1.29 is 17.9 Å². The third-order valence-corrected chi connectivity index (χ3v) is 4.42. The minimum Gasteiger partial charge on any atom is -0.495 e. The SMILES string of the molecule is COc1cc(N)ccc1S(=O)(=O)CC(C)C(N)=O. The first-order valence-corrected chi connectivity index (χ1v) is 6.88. The van der Waals surface area contributed by atoms with Crippen molar-refractivity contribution in [2.75, 3.05) is 18.6 Å². The fourth-order valence-electron chi connectivity index (χ4n) is 1.44. The van der Waals surface area contributed by atoms with Crippen LogP contribution in [0.3, 0.4) is 0 Å². The topological polar surface area (TPSA) is 112 Å². The molecule has 1 unspecified atom stereocenters. The van der Waals surface area contributed by atoms with Crippen LogP contribution in [-0.2, 0) is 14.6 Å². The average Bonchev–Trinajstić information content (AvgIpc) is 2.27. The van der Waals surface area contributed by atoms with Gasteiger partial charge in [0.05, 0.1) is 12.9 Å². The Hall–Kier alpha value is -1.76. The van der Waals surface area contributed by atoms with Crippen LogP contribution in [0.1, 0.15) is 6.92 Å². The second-order valence-corrected chi connectivity index (χ2v) is 6.00. The number of carbonyl (C=O) groups is 1. The molecular weight excluding hydrogens is 256 g/mol. The second kappa shape index (κ2) is 5.26. The molecule has 0 spiro atoms. The number of benzene rings is 1. The van der Waals surface area contributed by atoms with Crippen LogP contribution in [-0.4, -0.2) is 27.2 Å². The molecule has 0 bridgehead atoms. The van der Waals surface area contributed by atoms with Crippen LogP contribution < -0.4 is 16.2 Å². The number of rotatable bonds is 5. The highest BCUT2D eigenvalue weighted by Gasteiger charge is 2.24. The molecule has 0 aliphatic rings. The Morgan fingerprint density at radius 2 is 2.06 bits per heavy atom. The van der Waals surface area contributed by atoms with Crippen molar-refractivity contribution >= 4 is 21.4 Å². The van der Waals surface area contributed by atoms with E-state index in [0.29, 0.717) is 5.69 Å². The zero-order chi connectivity index (χ0) is 13.9. The van der Waals surface area contributed by atoms with Gasteiger partial charge < -0.3 is 16.2 Å². The maximum atomic E-state index is 12.1. The third-order valence-electron chi connectivity index (χ3n) is 2.48. The quantitative estimate of drug-likeness (QED) is 0.742. The number of methoxy groups -OCH3 is 1. The summed E-state index contributed by atoms with van der Waals surface area (Å²) in [4.78, 5) is 10.9. The Kier molecular flexibility index (Phi) is 4.18. The van der Waals surface area contributed by atoms with Crippen molar-refractivity contribution in [1.29, 1.82) is 0 Å². The monoisotopic (exact) mass is 272 g/mol. The number of hydrogen-bond acceptors (Lipinski definition) is 5. The largest absolute Gasteiger partial charge is 0.495 e. The first-order valence-electron chi connectivity index (χ1n) is 5.23. The Morgan fingerprint density at radius 1 is 1.44 bits per heavy atom. The Labute approximate surface area is 106 Å². The summed E-state index contributed by atoms with van der Waals surface area (Å²) >= 11 is 0. The molecule has 0 aromatic heterocycles. The summed E-state index contributed by atoms with van der Waals surface area (Å²) in [6.07, 6.45) is 0. The third kappa shape index (κ3) is 3.13. The van der Waals surface area contributed by atoms with E-state index >= 15 is 0 Å². The smallest absolute Gasteiger partial charge is 0.221 e. The molecule has 1 atom stereocenters. The van der Waals surface area contributed by atoms with E-state index in [2.05, 4.69) is 0 Å². The molecule has 1 aromatic carbocycles. The highest BCUT2D eigenvalue weighted by molar-refractivity contribution is 7.91. The molecule has 0 aliphatic carbocycles. The van der Waals surface area contributed by atoms with Crippen LogP contribution in [0.2, 0.25) is 0 Å². The summed E-state index contributed by atoms with van der Waals surface area (Å²) in [6.45, 7) is 1.46. The Balaban J connectivity index is 3.16. The van der Waals surface area contributed by atoms with E-state index in [9.17, 15) is 13.2 Å². The van der Waals surface area contributed by atoms with Crippen molar-refractivity contribution in [3.05, 3.63) is 18.2 Å². The molecule has 1 rings (SSSR count). The molecule has 1 amide bonds. The molecule has 0 fully saturated rings. The maximum absolute atomic E-state index is 12.1. The lowest BCUT2D eigenvalue weighted by Gasteiger charge is -2.12. The molecule has 0 saturated heterocycles. The van der Waals surface area contributed by atoms with Gasteiger partial charge >= 0.3 is 0 Å². The van der Waals surface area contributed by atoms with Crippen LogP contribution in [0.15, 0.2) is 23.1 Å². The van der Waals surface area contributed by atoms with Gasteiger partial charge in [0.15, 0.2) is 9.84 Å². The number of amides is 1. The lowest BCUT2D eigenvalue weighted by atomic mass is 10.2. The van der Waals surface area contributed by atoms with Crippen molar-refractivity contribution in [2.45, 2.75) is 11.8 Å². The van der Waals surface area contributed by atoms with E-state index in [1.807, 2.05) is 0 Å². The lowest BCUT2D eigenvalue weighted by Crippen LogP contribution is -2.27. The first kappa shape index (κ1) is 14.3. The van der Waals surface area contributed by atoms with E-state index in [4.69, 9.17) is 16.2 Å². The summed E-state index contributed by atoms with van der Waals surface area (Å²) in [5, 5.41) is 0. The van der Waals surface area contributed by atoms with Crippen LogP contribution in [0.25, 0.3) is 0 Å². The van der Waals surface area contributed by atoms with E-state index in [1.165, 1.54) is 32.2 Å². The summed E-state index contributed by atoms with van der Waals surface area (Å²) in [5.74, 6) is -1.63. The molecule has 7 heteroatoms. The van der Waals surface area contributed by atoms with Crippen LogP contribution in [0.5, 0.6) is 5.75 Å². The van der Waals surface area contributed by atoms with Gasteiger partial charge in [-0.1, -0.05) is 6.92 Å². The fourth-order valence-corrected chi connectivity index (χ4v) is 3.17. The Bertz CT molecular complexity index is 554. The van der Waals surface area contributed by atoms with Gasteiger partial charge in [0.2, 0.25) is 5.91 Å². The molecule has 0 saturated carbocycles. The summed E-state index contributed by atoms with van der Waals surface area (Å²) < 4.78 is 29.2. The lowest BCUT2D eigenvalue weighted by molar-refractivity contribution is -0.120. The second-order valence-electron chi connectivity index (χ2n) is 4.00. The average molecular weight is 272 g/mol. The van der Waals surface area contributed by atoms with Crippen molar-refractivity contribution in [3.8, 4) is 5.75 Å². The van der Waals surface area contributed by atoms with E-state index in [1.54, 1.807) is 0 Å². The molecule has 18 heavy (non-hydrogen) atoms. The molecular formula is C11H16N2O4S. The minimum atomic E-state index is -3.65. The van der Waals surface area contributed by atoms with E-state index < -0.39 is 21.7 Å². The van der Waals surface area contributed by atoms with E-state index in [-0.39, 0.29) is 16.4 Å². The summed E-state index contributed by atoms with van der Waals surface area (Å²) in [5.41, 5.74) is 11.0. The normalized spacial score (nSPS) is 13.0. The van der Waals surface area contributed by atoms with Crippen LogP contribution in [0.4, 0.5) is 5.69 Å². The fraction of sp³-hybridized carbons (Fsp3) is 0.364. The number of nitrogen functional groups attached to an aromatic ring is 1. The van der Waals surface area contributed by atoms with Crippen molar-refractivity contribution in [1.82, 2.24) is 0 Å². The standard InChI is InChI=1S/C11H16N2O4S/c1-7(11(13)14)6-18(15,16)10-4-3-8(12)5-9(10)17-2/h3-5,7H,6,12H2,1-2H3,(H2,13,14). The van der Waals surface area contributed by atoms with Gasteiger partial charge in [-0.3, -0.25) is 4.79 Å². The van der Waals surface area contributed by atoms with Gasteiger partial charge in [0.25, 0.3) is 0 Å². The van der Waals surface area contributed by atoms with Gasteiger partial charge in [-0.25, -0.2) is 8.42 Å². The first-order chi connectivity index (χ1) is 8.27. The molecule has 0 radical (unpaired) electrons. The molecule has 4 N–H and O–H groups in total. The highest BCUT2D eigenvalue weighted by Crippen LogP contribution is 2.27. The number of anilines is 1. The van der Waals surface area contributed by atoms with Crippen molar-refractivity contribution in [2.24, 2.45) is 11.7 Å². The summed E-state index contributed by atoms with van der Waals surface area (Å²) in [7, 11) is -2.29. The molecule has 0 aliphatic heterocycles. The number of carbonyl (C=O) groups excluding carboxylic acids is 1. The predicted molar refractivity (Wildman–Crippen MR) is 67.8 cm³/mol. The number of hydrogen-bond donors (Lipinski definition) is 2. The van der Waals surface area contributed by atoms with Gasteiger partial charge in [-0.15, -0.1) is 0 Å². The van der Waals surface area contributed by atoms with Gasteiger partial charge in [-0.05, 0) is 12.1 Å². The van der Waals surface area contributed by atoms with E-state index in [0.717, 1.165) is 0 Å². The number of nitrogens with two attached hydrogens (primary N) is 2. The van der Waals surface area contributed by atoms with Gasteiger partial charge in [0, 0.05) is 17.7 Å². The molecule has 100 valence electrons. The summed E-state index contributed by atoms with van der Waals surface area (Å²) in [6, 6.07) is 4.24. The number of sulfone groups is 1. The zero-order valence-corrected chi connectivity index (χ0v) is 11.0. The van der Waals surface area contributed by atoms with Crippen LogP contribution in [0, 0.1) is 5.92 Å². The molecule has 0 heterocycles. The van der Waals surface area contributed by atoms with Crippen LogP contribution >= 0.6 is 0 Å². The van der Waals surface area contributed by atoms with Gasteiger partial charge in [-0.2, -0.15) is 0 Å². The Morgan fingerprint density at radius 3 is 2.56 bits per heavy atom.